The van der Waals surface area contributed by atoms with Crippen LogP contribution in [0, 0.1) is 0 Å². The van der Waals surface area contributed by atoms with Crippen LogP contribution in [0.4, 0.5) is 0 Å². The van der Waals surface area contributed by atoms with Gasteiger partial charge in [-0.3, -0.25) is 4.98 Å². The Hall–Kier alpha value is -0.670. The summed E-state index contributed by atoms with van der Waals surface area (Å²) < 4.78 is 0. The Morgan fingerprint density at radius 2 is 2.40 bits per heavy atom. The van der Waals surface area contributed by atoms with Crippen molar-refractivity contribution in [3.63, 3.8) is 0 Å². The van der Waals surface area contributed by atoms with Crippen LogP contribution in [0.5, 0.6) is 0 Å². The Labute approximate surface area is 69.0 Å². The molecule has 4 heteroatoms. The highest BCUT2D eigenvalue weighted by atomic mass is 35.5. The van der Waals surface area contributed by atoms with Gasteiger partial charge in [-0.15, -0.1) is 0 Å². The predicted octanol–water partition coefficient (Wildman–Crippen LogP) is 1.37. The number of nitrogens with zero attached hydrogens (tertiary/aromatic N) is 1. The van der Waals surface area contributed by atoms with E-state index in [9.17, 15) is 0 Å². The molecule has 52 valence electrons. The zero-order valence-electron chi connectivity index (χ0n) is 5.04. The van der Waals surface area contributed by atoms with Crippen molar-refractivity contribution in [2.75, 3.05) is 0 Å². The first-order valence-electron chi connectivity index (χ1n) is 2.61. The minimum atomic E-state index is 0.299. The molecule has 0 aromatic carbocycles. The van der Waals surface area contributed by atoms with Crippen molar-refractivity contribution in [3.05, 3.63) is 29.0 Å². The van der Waals surface area contributed by atoms with E-state index in [2.05, 4.69) is 4.98 Å². The van der Waals surface area contributed by atoms with E-state index >= 15 is 0 Å². The van der Waals surface area contributed by atoms with Gasteiger partial charge in [-0.25, -0.2) is 0 Å². The molecule has 2 nitrogen and oxygen atoms in total. The van der Waals surface area contributed by atoms with E-state index in [0.717, 1.165) is 0 Å². The van der Waals surface area contributed by atoms with Gasteiger partial charge in [0.1, 0.15) is 4.99 Å². The van der Waals surface area contributed by atoms with Crippen molar-refractivity contribution in [2.45, 2.75) is 0 Å². The Balaban J connectivity index is 3.15. The summed E-state index contributed by atoms with van der Waals surface area (Å²) in [5, 5.41) is 0.495. The highest BCUT2D eigenvalue weighted by Crippen LogP contribution is 2.12. The molecule has 0 saturated carbocycles. The van der Waals surface area contributed by atoms with Crippen molar-refractivity contribution >= 4 is 28.8 Å². The maximum absolute atomic E-state index is 5.69. The van der Waals surface area contributed by atoms with E-state index in [1.54, 1.807) is 12.3 Å². The molecular weight excluding hydrogens is 168 g/mol. The maximum atomic E-state index is 5.69. The van der Waals surface area contributed by atoms with E-state index in [0.29, 0.717) is 15.6 Å². The fraction of sp³-hybridized carbons (Fsp3) is 0. The van der Waals surface area contributed by atoms with Gasteiger partial charge in [-0.2, -0.15) is 0 Å². The minimum absolute atomic E-state index is 0.299. The van der Waals surface area contributed by atoms with Crippen LogP contribution < -0.4 is 5.73 Å². The van der Waals surface area contributed by atoms with E-state index in [1.807, 2.05) is 0 Å². The second-order valence-electron chi connectivity index (χ2n) is 1.72. The number of nitrogens with two attached hydrogens (primary N) is 1. The molecule has 2 N–H and O–H groups in total. The second-order valence-corrected chi connectivity index (χ2v) is 2.57. The molecule has 0 amide bonds. The van der Waals surface area contributed by atoms with Crippen molar-refractivity contribution in [3.8, 4) is 0 Å². The van der Waals surface area contributed by atoms with Gasteiger partial charge in [0.15, 0.2) is 0 Å². The van der Waals surface area contributed by atoms with Crippen molar-refractivity contribution in [2.24, 2.45) is 5.73 Å². The number of hydrogen-bond donors (Lipinski definition) is 1. The van der Waals surface area contributed by atoms with Crippen LogP contribution >= 0.6 is 23.8 Å². The summed E-state index contributed by atoms with van der Waals surface area (Å²) in [6, 6.07) is 1.69. The van der Waals surface area contributed by atoms with Gasteiger partial charge in [0.2, 0.25) is 0 Å². The number of halogens is 1. The highest BCUT2D eigenvalue weighted by molar-refractivity contribution is 7.80. The van der Waals surface area contributed by atoms with Gasteiger partial charge in [0.05, 0.1) is 5.02 Å². The van der Waals surface area contributed by atoms with Gasteiger partial charge < -0.3 is 5.73 Å². The molecule has 0 aliphatic heterocycles. The molecule has 0 saturated heterocycles. The van der Waals surface area contributed by atoms with Gasteiger partial charge in [0.25, 0.3) is 0 Å². The molecule has 1 rings (SSSR count). The highest BCUT2D eigenvalue weighted by Gasteiger charge is 1.99. The minimum Gasteiger partial charge on any atom is -0.389 e. The van der Waals surface area contributed by atoms with Crippen LogP contribution in [0.2, 0.25) is 5.02 Å². The van der Waals surface area contributed by atoms with Gasteiger partial charge in [-0.1, -0.05) is 23.8 Å². The summed E-state index contributed by atoms with van der Waals surface area (Å²) in [6.07, 6.45) is 3.11. The van der Waals surface area contributed by atoms with E-state index in [4.69, 9.17) is 29.6 Å². The molecule has 0 radical (unpaired) electrons. The van der Waals surface area contributed by atoms with Crippen molar-refractivity contribution in [1.29, 1.82) is 0 Å². The molecule has 0 aliphatic rings. The first-order chi connectivity index (χ1) is 4.72. The van der Waals surface area contributed by atoms with E-state index in [1.165, 1.54) is 6.20 Å². The summed E-state index contributed by atoms with van der Waals surface area (Å²) in [7, 11) is 0. The normalized spacial score (nSPS) is 9.30. The average Bonchev–Trinajstić information content (AvgIpc) is 1.88. The number of thiocarbonyl (C=S) groups is 1. The van der Waals surface area contributed by atoms with Crippen LogP contribution in [0.25, 0.3) is 0 Å². The fourth-order valence-electron chi connectivity index (χ4n) is 0.575. The lowest BCUT2D eigenvalue weighted by Crippen LogP contribution is -2.09. The van der Waals surface area contributed by atoms with Gasteiger partial charge >= 0.3 is 0 Å². The largest absolute Gasteiger partial charge is 0.389 e. The molecule has 0 aliphatic carbocycles. The lowest BCUT2D eigenvalue weighted by atomic mass is 10.3. The Bertz CT molecular complexity index is 262. The summed E-state index contributed by atoms with van der Waals surface area (Å²) in [6.45, 7) is 0. The number of pyridine rings is 1. The molecule has 1 heterocycles. The summed E-state index contributed by atoms with van der Waals surface area (Å²) >= 11 is 10.4. The first-order valence-corrected chi connectivity index (χ1v) is 3.40. The smallest absolute Gasteiger partial charge is 0.105 e. The topological polar surface area (TPSA) is 38.9 Å². The Morgan fingerprint density at radius 1 is 1.70 bits per heavy atom. The zero-order valence-corrected chi connectivity index (χ0v) is 6.62. The van der Waals surface area contributed by atoms with Crippen LogP contribution in [0.15, 0.2) is 18.5 Å². The monoisotopic (exact) mass is 172 g/mol. The van der Waals surface area contributed by atoms with Crippen LogP contribution in [-0.2, 0) is 0 Å². The van der Waals surface area contributed by atoms with Gasteiger partial charge in [-0.05, 0) is 6.07 Å². The van der Waals surface area contributed by atoms with Crippen molar-refractivity contribution in [1.82, 2.24) is 4.98 Å². The molecule has 0 atom stereocenters. The predicted molar refractivity (Wildman–Crippen MR) is 45.1 cm³/mol. The van der Waals surface area contributed by atoms with Crippen LogP contribution in [0.3, 0.4) is 0 Å². The fourth-order valence-corrected chi connectivity index (χ4v) is 1.03. The third kappa shape index (κ3) is 1.43. The SMILES string of the molecule is NC(=S)c1ccncc1Cl. The van der Waals surface area contributed by atoms with Crippen molar-refractivity contribution < 1.29 is 0 Å². The van der Waals surface area contributed by atoms with E-state index < -0.39 is 0 Å². The number of rotatable bonds is 1. The summed E-state index contributed by atoms with van der Waals surface area (Å²) in [5.74, 6) is 0. The number of aromatic nitrogens is 1. The Morgan fingerprint density at radius 3 is 2.80 bits per heavy atom. The number of hydrogen-bond acceptors (Lipinski definition) is 2. The summed E-state index contributed by atoms with van der Waals surface area (Å²) in [5.41, 5.74) is 6.01. The second kappa shape index (κ2) is 2.94. The van der Waals surface area contributed by atoms with Crippen LogP contribution in [-0.4, -0.2) is 9.97 Å². The van der Waals surface area contributed by atoms with Gasteiger partial charge in [0, 0.05) is 18.0 Å². The molecule has 1 aromatic heterocycles. The third-order valence-electron chi connectivity index (χ3n) is 1.04. The lowest BCUT2D eigenvalue weighted by molar-refractivity contribution is 1.32. The molecule has 0 unspecified atom stereocenters. The molecule has 1 aromatic rings. The summed E-state index contributed by atoms with van der Waals surface area (Å²) in [4.78, 5) is 4.08. The molecule has 0 bridgehead atoms. The molecular formula is C6H5ClN2S. The molecule has 10 heavy (non-hydrogen) atoms. The Kier molecular flexibility index (Phi) is 2.19. The zero-order chi connectivity index (χ0) is 7.56. The molecule has 0 spiro atoms. The van der Waals surface area contributed by atoms with E-state index in [-0.39, 0.29) is 0 Å². The van der Waals surface area contributed by atoms with Crippen LogP contribution in [0.1, 0.15) is 5.56 Å². The lowest BCUT2D eigenvalue weighted by Gasteiger charge is -1.97. The first kappa shape index (κ1) is 7.44. The average molecular weight is 173 g/mol. The maximum Gasteiger partial charge on any atom is 0.105 e. The molecule has 0 fully saturated rings. The quantitative estimate of drug-likeness (QED) is 0.651. The third-order valence-corrected chi connectivity index (χ3v) is 1.56. The standard InChI is InChI=1S/C6H5ClN2S/c7-5-3-9-2-1-4(5)6(8)10/h1-3H,(H2,8,10).